The lowest BCUT2D eigenvalue weighted by Gasteiger charge is -2.47. The summed E-state index contributed by atoms with van der Waals surface area (Å²) in [4.78, 5) is 19.6. The first-order valence-corrected chi connectivity index (χ1v) is 11.0. The Hall–Kier alpha value is -2.44. The first kappa shape index (κ1) is 19.5. The number of rotatable bonds is 3. The third-order valence-electron chi connectivity index (χ3n) is 6.60. The summed E-state index contributed by atoms with van der Waals surface area (Å²) in [6, 6.07) is 10.2. The van der Waals surface area contributed by atoms with Crippen LogP contribution in [0.4, 0.5) is 5.69 Å². The maximum atomic E-state index is 12.6. The van der Waals surface area contributed by atoms with Crippen molar-refractivity contribution in [3.63, 3.8) is 0 Å². The first-order chi connectivity index (χ1) is 14.5. The first-order valence-electron chi connectivity index (χ1n) is 11.0. The summed E-state index contributed by atoms with van der Waals surface area (Å²) in [5.41, 5.74) is 4.00. The number of carbonyl (C=O) groups excluding carboxylic acids is 1. The number of benzene rings is 1. The third-order valence-corrected chi connectivity index (χ3v) is 6.60. The number of fused-ring (bicyclic) bond motifs is 1. The molecule has 1 saturated carbocycles. The zero-order chi connectivity index (χ0) is 20.7. The molecule has 2 aromatic rings. The van der Waals surface area contributed by atoms with Gasteiger partial charge in [0.15, 0.2) is 0 Å². The number of anilines is 1. The Labute approximate surface area is 177 Å². The molecule has 1 spiro atoms. The molecule has 30 heavy (non-hydrogen) atoms. The van der Waals surface area contributed by atoms with E-state index in [-0.39, 0.29) is 5.91 Å². The van der Waals surface area contributed by atoms with Crippen molar-refractivity contribution in [2.24, 2.45) is 0 Å². The van der Waals surface area contributed by atoms with Crippen LogP contribution in [0.2, 0.25) is 0 Å². The fourth-order valence-electron chi connectivity index (χ4n) is 4.71. The standard InChI is InChI=1S/C24H29N3O3/c1-16-12-18(13-17(2)25-16)23(28)26-20-6-7-22-19(14-20)15-29-24(30-22)8-10-27(11-9-24)21-4-3-5-21/h6-7,12-14,21H,3-5,8-11,15H2,1-2H3,(H,26,28). The topological polar surface area (TPSA) is 63.7 Å². The van der Waals surface area contributed by atoms with Crippen LogP contribution < -0.4 is 10.1 Å². The monoisotopic (exact) mass is 407 g/mol. The number of nitrogens with one attached hydrogen (secondary N) is 1. The number of amides is 1. The van der Waals surface area contributed by atoms with E-state index in [1.165, 1.54) is 19.3 Å². The van der Waals surface area contributed by atoms with Crippen molar-refractivity contribution in [1.82, 2.24) is 9.88 Å². The minimum atomic E-state index is -0.496. The largest absolute Gasteiger partial charge is 0.462 e. The van der Waals surface area contributed by atoms with Gasteiger partial charge in [0, 0.05) is 60.2 Å². The molecule has 1 amide bonds. The molecule has 6 nitrogen and oxygen atoms in total. The number of aromatic nitrogens is 1. The quantitative estimate of drug-likeness (QED) is 0.826. The van der Waals surface area contributed by atoms with Gasteiger partial charge in [-0.3, -0.25) is 14.7 Å². The van der Waals surface area contributed by atoms with Crippen molar-refractivity contribution >= 4 is 11.6 Å². The molecular weight excluding hydrogens is 378 g/mol. The fourth-order valence-corrected chi connectivity index (χ4v) is 4.71. The molecule has 1 N–H and O–H groups in total. The molecule has 0 radical (unpaired) electrons. The summed E-state index contributed by atoms with van der Waals surface area (Å²) in [7, 11) is 0. The molecule has 1 aromatic heterocycles. The summed E-state index contributed by atoms with van der Waals surface area (Å²) >= 11 is 0. The lowest BCUT2D eigenvalue weighted by atomic mass is 9.89. The lowest BCUT2D eigenvalue weighted by Crippen LogP contribution is -2.54. The van der Waals surface area contributed by atoms with Crippen LogP contribution in [-0.4, -0.2) is 40.7 Å². The van der Waals surface area contributed by atoms with Crippen LogP contribution in [0.5, 0.6) is 5.75 Å². The van der Waals surface area contributed by atoms with E-state index in [9.17, 15) is 4.79 Å². The van der Waals surface area contributed by atoms with E-state index in [0.29, 0.717) is 12.2 Å². The third kappa shape index (κ3) is 3.82. The SMILES string of the molecule is Cc1cc(C(=O)Nc2ccc3c(c2)COC2(CCN(C4CCC4)CC2)O3)cc(C)n1. The van der Waals surface area contributed by atoms with Gasteiger partial charge in [0.05, 0.1) is 6.61 Å². The molecule has 0 bridgehead atoms. The smallest absolute Gasteiger partial charge is 0.255 e. The highest BCUT2D eigenvalue weighted by atomic mass is 16.7. The fraction of sp³-hybridized carbons (Fsp3) is 0.500. The van der Waals surface area contributed by atoms with E-state index < -0.39 is 5.79 Å². The van der Waals surface area contributed by atoms with Crippen molar-refractivity contribution in [3.05, 3.63) is 52.8 Å². The Morgan fingerprint density at radius 3 is 2.53 bits per heavy atom. The summed E-state index contributed by atoms with van der Waals surface area (Å²) in [6.07, 6.45) is 5.85. The van der Waals surface area contributed by atoms with E-state index in [0.717, 1.165) is 60.4 Å². The molecule has 1 aromatic carbocycles. The van der Waals surface area contributed by atoms with Crippen LogP contribution in [-0.2, 0) is 11.3 Å². The van der Waals surface area contributed by atoms with Crippen molar-refractivity contribution in [3.8, 4) is 5.75 Å². The summed E-state index contributed by atoms with van der Waals surface area (Å²) in [5.74, 6) is 0.234. The number of ether oxygens (including phenoxy) is 2. The predicted octanol–water partition coefficient (Wildman–Crippen LogP) is 4.20. The highest BCUT2D eigenvalue weighted by molar-refractivity contribution is 6.04. The summed E-state index contributed by atoms with van der Waals surface area (Å²) in [5, 5.41) is 2.98. The zero-order valence-electron chi connectivity index (χ0n) is 17.7. The molecule has 0 unspecified atom stereocenters. The number of nitrogens with zero attached hydrogens (tertiary/aromatic N) is 2. The maximum Gasteiger partial charge on any atom is 0.255 e. The second-order valence-corrected chi connectivity index (χ2v) is 8.84. The molecule has 158 valence electrons. The lowest BCUT2D eigenvalue weighted by molar-refractivity contribution is -0.231. The van der Waals surface area contributed by atoms with Gasteiger partial charge in [0.2, 0.25) is 5.79 Å². The Kier molecular flexibility index (Phi) is 4.99. The van der Waals surface area contributed by atoms with E-state index in [2.05, 4.69) is 15.2 Å². The van der Waals surface area contributed by atoms with Gasteiger partial charge < -0.3 is 14.8 Å². The van der Waals surface area contributed by atoms with Gasteiger partial charge in [-0.2, -0.15) is 0 Å². The second kappa shape index (κ2) is 7.67. The number of likely N-dealkylation sites (tertiary alicyclic amines) is 1. The van der Waals surface area contributed by atoms with Gasteiger partial charge in [-0.05, 0) is 57.0 Å². The number of piperidine rings is 1. The highest BCUT2D eigenvalue weighted by Gasteiger charge is 2.42. The minimum absolute atomic E-state index is 0.138. The van der Waals surface area contributed by atoms with Crippen LogP contribution in [0.25, 0.3) is 0 Å². The van der Waals surface area contributed by atoms with Crippen molar-refractivity contribution < 1.29 is 14.3 Å². The van der Waals surface area contributed by atoms with Gasteiger partial charge in [-0.1, -0.05) is 6.42 Å². The Morgan fingerprint density at radius 2 is 1.87 bits per heavy atom. The van der Waals surface area contributed by atoms with Crippen LogP contribution in [0.3, 0.4) is 0 Å². The average molecular weight is 408 g/mol. The van der Waals surface area contributed by atoms with Gasteiger partial charge in [0.1, 0.15) is 5.75 Å². The molecule has 3 heterocycles. The number of carbonyl (C=O) groups is 1. The zero-order valence-corrected chi connectivity index (χ0v) is 17.7. The Balaban J connectivity index is 1.25. The van der Waals surface area contributed by atoms with Crippen LogP contribution in [0.15, 0.2) is 30.3 Å². The van der Waals surface area contributed by atoms with E-state index >= 15 is 0 Å². The average Bonchev–Trinajstić information content (AvgIpc) is 2.68. The molecule has 1 saturated heterocycles. The Morgan fingerprint density at radius 1 is 1.13 bits per heavy atom. The van der Waals surface area contributed by atoms with Crippen molar-refractivity contribution in [2.75, 3.05) is 18.4 Å². The predicted molar refractivity (Wildman–Crippen MR) is 115 cm³/mol. The number of aryl methyl sites for hydroxylation is 2. The molecule has 5 rings (SSSR count). The van der Waals surface area contributed by atoms with E-state index in [4.69, 9.17) is 9.47 Å². The molecule has 6 heteroatoms. The van der Waals surface area contributed by atoms with E-state index in [1.807, 2.05) is 32.0 Å². The molecule has 2 fully saturated rings. The molecule has 2 aliphatic heterocycles. The summed E-state index contributed by atoms with van der Waals surface area (Å²) < 4.78 is 12.6. The van der Waals surface area contributed by atoms with Gasteiger partial charge in [0.25, 0.3) is 5.91 Å². The van der Waals surface area contributed by atoms with Gasteiger partial charge in [-0.25, -0.2) is 0 Å². The molecular formula is C24H29N3O3. The minimum Gasteiger partial charge on any atom is -0.462 e. The van der Waals surface area contributed by atoms with Gasteiger partial charge in [-0.15, -0.1) is 0 Å². The molecule has 1 aliphatic carbocycles. The van der Waals surface area contributed by atoms with Crippen LogP contribution >= 0.6 is 0 Å². The van der Waals surface area contributed by atoms with Crippen LogP contribution in [0.1, 0.15) is 59.4 Å². The second-order valence-electron chi connectivity index (χ2n) is 8.84. The van der Waals surface area contributed by atoms with Crippen LogP contribution in [0, 0.1) is 13.8 Å². The van der Waals surface area contributed by atoms with Crippen molar-refractivity contribution in [2.45, 2.75) is 64.4 Å². The number of hydrogen-bond acceptors (Lipinski definition) is 5. The molecule has 3 aliphatic rings. The number of hydrogen-bond donors (Lipinski definition) is 1. The van der Waals surface area contributed by atoms with Gasteiger partial charge >= 0.3 is 0 Å². The number of pyridine rings is 1. The normalized spacial score (nSPS) is 20.9. The maximum absolute atomic E-state index is 12.6. The van der Waals surface area contributed by atoms with Crippen molar-refractivity contribution in [1.29, 1.82) is 0 Å². The molecule has 0 atom stereocenters. The summed E-state index contributed by atoms with van der Waals surface area (Å²) in [6.45, 7) is 6.38. The van der Waals surface area contributed by atoms with E-state index in [1.54, 1.807) is 12.1 Å². The Bertz CT molecular complexity index is 942. The highest BCUT2D eigenvalue weighted by Crippen LogP contribution is 2.40.